The average molecular weight is 612 g/mol. The molecule has 5 nitrogen and oxygen atoms in total. The van der Waals surface area contributed by atoms with Crippen LogP contribution in [0.4, 0.5) is 0 Å². The third-order valence-corrected chi connectivity index (χ3v) is 9.23. The lowest BCUT2D eigenvalue weighted by Gasteiger charge is -2.23. The predicted molar refractivity (Wildman–Crippen MR) is 186 cm³/mol. The summed E-state index contributed by atoms with van der Waals surface area (Å²) in [5.41, 5.74) is 0. The lowest BCUT2D eigenvalue weighted by Crippen LogP contribution is -2.49. The minimum atomic E-state index is -1.07. The number of unbranched alkanes of at least 4 members (excludes halogenated alkanes) is 27. The summed E-state index contributed by atoms with van der Waals surface area (Å²) in [5, 5.41) is 33.1. The molecule has 0 spiro atoms. The van der Waals surface area contributed by atoms with Crippen LogP contribution >= 0.6 is 0 Å². The molecule has 0 aliphatic rings. The third-order valence-electron chi connectivity index (χ3n) is 9.23. The van der Waals surface area contributed by atoms with E-state index in [1.165, 1.54) is 154 Å². The van der Waals surface area contributed by atoms with E-state index >= 15 is 0 Å². The fourth-order valence-electron chi connectivity index (χ4n) is 6.13. The van der Waals surface area contributed by atoms with E-state index in [9.17, 15) is 20.1 Å². The van der Waals surface area contributed by atoms with Crippen molar-refractivity contribution in [3.8, 4) is 0 Å². The Bertz CT molecular complexity index is 558. The van der Waals surface area contributed by atoms with Crippen molar-refractivity contribution in [1.82, 2.24) is 5.32 Å². The highest BCUT2D eigenvalue weighted by Crippen LogP contribution is 2.16. The molecular formula is C38H77NO4. The molecule has 5 heteroatoms. The van der Waals surface area contributed by atoms with E-state index in [1.54, 1.807) is 0 Å². The van der Waals surface area contributed by atoms with Crippen LogP contribution in [0, 0.1) is 0 Å². The molecule has 0 aromatic carbocycles. The Balaban J connectivity index is 3.63. The summed E-state index contributed by atoms with van der Waals surface area (Å²) in [6.07, 6.45) is 36.6. The highest BCUT2D eigenvalue weighted by atomic mass is 16.3. The van der Waals surface area contributed by atoms with Crippen molar-refractivity contribution in [3.05, 3.63) is 0 Å². The van der Waals surface area contributed by atoms with Crippen molar-refractivity contribution in [2.75, 3.05) is 6.61 Å². The fourth-order valence-corrected chi connectivity index (χ4v) is 6.13. The van der Waals surface area contributed by atoms with Gasteiger partial charge in [0.25, 0.3) is 0 Å². The first-order chi connectivity index (χ1) is 21.1. The number of nitrogens with one attached hydrogen (secondary N) is 1. The molecule has 4 N–H and O–H groups in total. The summed E-state index contributed by atoms with van der Waals surface area (Å²) in [6.45, 7) is 4.23. The van der Waals surface area contributed by atoms with Gasteiger partial charge in [-0.25, -0.2) is 0 Å². The van der Waals surface area contributed by atoms with Crippen LogP contribution < -0.4 is 5.32 Å². The minimum Gasteiger partial charge on any atom is -0.394 e. The molecule has 1 amide bonds. The van der Waals surface area contributed by atoms with Crippen LogP contribution in [0.15, 0.2) is 0 Å². The molecule has 0 aromatic rings. The monoisotopic (exact) mass is 612 g/mol. The Hall–Kier alpha value is -0.650. The maximum Gasteiger partial charge on any atom is 0.249 e. The largest absolute Gasteiger partial charge is 0.394 e. The molecule has 0 aliphatic carbocycles. The van der Waals surface area contributed by atoms with Gasteiger partial charge in [0.1, 0.15) is 6.10 Å². The van der Waals surface area contributed by atoms with Gasteiger partial charge >= 0.3 is 0 Å². The van der Waals surface area contributed by atoms with Crippen LogP contribution in [0.1, 0.15) is 213 Å². The summed E-state index contributed by atoms with van der Waals surface area (Å²) in [5.74, 6) is -0.468. The first-order valence-electron chi connectivity index (χ1n) is 19.3. The fraction of sp³-hybridized carbons (Fsp3) is 0.974. The summed E-state index contributed by atoms with van der Waals surface area (Å²) >= 11 is 0. The quantitative estimate of drug-likeness (QED) is 0.0537. The second kappa shape index (κ2) is 34.2. The van der Waals surface area contributed by atoms with E-state index in [0.29, 0.717) is 12.8 Å². The van der Waals surface area contributed by atoms with E-state index in [0.717, 1.165) is 32.1 Å². The van der Waals surface area contributed by atoms with E-state index in [2.05, 4.69) is 19.2 Å². The zero-order valence-electron chi connectivity index (χ0n) is 29.1. The number of hydrogen-bond donors (Lipinski definition) is 4. The van der Waals surface area contributed by atoms with Gasteiger partial charge in [-0.3, -0.25) is 4.79 Å². The van der Waals surface area contributed by atoms with Crippen LogP contribution in [0.2, 0.25) is 0 Å². The Morgan fingerprint density at radius 3 is 1.05 bits per heavy atom. The van der Waals surface area contributed by atoms with Crippen molar-refractivity contribution in [3.63, 3.8) is 0 Å². The number of hydrogen-bond acceptors (Lipinski definition) is 4. The molecular weight excluding hydrogens is 534 g/mol. The van der Waals surface area contributed by atoms with Gasteiger partial charge in [-0.1, -0.05) is 200 Å². The van der Waals surface area contributed by atoms with Gasteiger partial charge in [-0.15, -0.1) is 0 Å². The molecule has 0 bridgehead atoms. The van der Waals surface area contributed by atoms with Crippen LogP contribution in [0.3, 0.4) is 0 Å². The van der Waals surface area contributed by atoms with Gasteiger partial charge in [0.05, 0.1) is 18.8 Å². The van der Waals surface area contributed by atoms with E-state index in [1.807, 2.05) is 0 Å². The summed E-state index contributed by atoms with van der Waals surface area (Å²) in [4.78, 5) is 12.4. The van der Waals surface area contributed by atoms with Crippen molar-refractivity contribution >= 4 is 5.91 Å². The van der Waals surface area contributed by atoms with Gasteiger partial charge in [0, 0.05) is 0 Å². The highest BCUT2D eigenvalue weighted by molar-refractivity contribution is 5.80. The van der Waals surface area contributed by atoms with Crippen LogP contribution in [0.5, 0.6) is 0 Å². The second-order valence-electron chi connectivity index (χ2n) is 13.5. The van der Waals surface area contributed by atoms with Crippen LogP contribution in [-0.2, 0) is 4.79 Å². The van der Waals surface area contributed by atoms with Crippen molar-refractivity contribution in [2.45, 2.75) is 231 Å². The zero-order chi connectivity index (χ0) is 31.6. The molecule has 0 aromatic heterocycles. The molecule has 0 aliphatic heterocycles. The second-order valence-corrected chi connectivity index (χ2v) is 13.5. The van der Waals surface area contributed by atoms with E-state index < -0.39 is 24.2 Å². The summed E-state index contributed by atoms with van der Waals surface area (Å²) in [7, 11) is 0. The number of aliphatic hydroxyl groups excluding tert-OH is 3. The lowest BCUT2D eigenvalue weighted by atomic mass is 10.0. The molecule has 43 heavy (non-hydrogen) atoms. The van der Waals surface area contributed by atoms with Crippen molar-refractivity contribution < 1.29 is 20.1 Å². The highest BCUT2D eigenvalue weighted by Gasteiger charge is 2.23. The minimum absolute atomic E-state index is 0.308. The zero-order valence-corrected chi connectivity index (χ0v) is 29.1. The molecule has 0 fully saturated rings. The number of aliphatic hydroxyl groups is 3. The number of carbonyl (C=O) groups excluding carboxylic acids is 1. The molecule has 0 saturated carbocycles. The summed E-state index contributed by atoms with van der Waals surface area (Å²) < 4.78 is 0. The number of carbonyl (C=O) groups is 1. The standard InChI is InChI=1S/C38H77NO4/c1-3-5-7-9-11-13-15-17-18-19-21-23-25-27-29-31-33-37(42)38(43)39-35(34-40)36(41)32-30-28-26-24-22-20-16-14-12-10-8-6-4-2/h35-37,40-42H,3-34H2,1-2H3,(H,39,43)/t35-,36+,37?/m0/s1. The van der Waals surface area contributed by atoms with E-state index in [4.69, 9.17) is 0 Å². The molecule has 0 saturated heterocycles. The lowest BCUT2D eigenvalue weighted by molar-refractivity contribution is -0.131. The molecule has 0 rings (SSSR count). The Labute approximate surface area is 268 Å². The normalized spacial score (nSPS) is 13.7. The Morgan fingerprint density at radius 2 is 0.744 bits per heavy atom. The van der Waals surface area contributed by atoms with Crippen molar-refractivity contribution in [2.24, 2.45) is 0 Å². The van der Waals surface area contributed by atoms with Gasteiger partial charge in [-0.2, -0.15) is 0 Å². The molecule has 0 radical (unpaired) electrons. The SMILES string of the molecule is CCCCCCCCCCCCCCCCCCC(O)C(=O)N[C@@H](CO)[C@H](O)CCCCCCCCCCCCCCC. The topological polar surface area (TPSA) is 89.8 Å². The maximum atomic E-state index is 12.4. The van der Waals surface area contributed by atoms with Gasteiger partial charge in [0.2, 0.25) is 5.91 Å². The van der Waals surface area contributed by atoms with Gasteiger partial charge in [-0.05, 0) is 12.8 Å². The van der Waals surface area contributed by atoms with Crippen LogP contribution in [-0.4, -0.2) is 46.1 Å². The van der Waals surface area contributed by atoms with E-state index in [-0.39, 0.29) is 6.61 Å². The smallest absolute Gasteiger partial charge is 0.249 e. The third kappa shape index (κ3) is 29.8. The molecule has 0 heterocycles. The van der Waals surface area contributed by atoms with Crippen molar-refractivity contribution in [1.29, 1.82) is 0 Å². The number of rotatable bonds is 35. The van der Waals surface area contributed by atoms with Gasteiger partial charge < -0.3 is 20.6 Å². The average Bonchev–Trinajstić information content (AvgIpc) is 3.01. The Morgan fingerprint density at radius 1 is 0.465 bits per heavy atom. The predicted octanol–water partition coefficient (Wildman–Crippen LogP) is 10.3. The molecule has 3 atom stereocenters. The van der Waals surface area contributed by atoms with Gasteiger partial charge in [0.15, 0.2) is 0 Å². The maximum absolute atomic E-state index is 12.4. The molecule has 258 valence electrons. The first kappa shape index (κ1) is 42.3. The summed E-state index contributed by atoms with van der Waals surface area (Å²) in [6, 6.07) is -0.703. The Kier molecular flexibility index (Phi) is 33.7. The molecule has 1 unspecified atom stereocenters. The van der Waals surface area contributed by atoms with Crippen LogP contribution in [0.25, 0.3) is 0 Å². The first-order valence-corrected chi connectivity index (χ1v) is 19.3. The number of amides is 1.